The molecule has 1 rings (SSSR count). The second-order valence-corrected chi connectivity index (χ2v) is 2.45. The van der Waals surface area contributed by atoms with E-state index in [2.05, 4.69) is 10.2 Å². The van der Waals surface area contributed by atoms with Crippen LogP contribution >= 0.6 is 0 Å². The van der Waals surface area contributed by atoms with Crippen molar-refractivity contribution < 1.29 is 14.9 Å². The number of rotatable bonds is 3. The predicted octanol–water partition coefficient (Wildman–Crippen LogP) is -0.713. The van der Waals surface area contributed by atoms with Gasteiger partial charge in [-0.25, -0.2) is 9.78 Å². The van der Waals surface area contributed by atoms with Gasteiger partial charge in [0, 0.05) is 12.6 Å². The molecule has 0 aromatic heterocycles. The summed E-state index contributed by atoms with van der Waals surface area (Å²) >= 11 is 0. The van der Waals surface area contributed by atoms with Crippen molar-refractivity contribution in [3.8, 4) is 0 Å². The van der Waals surface area contributed by atoms with Gasteiger partial charge in [0.05, 0.1) is 19.8 Å². The molecule has 2 atom stereocenters. The Labute approximate surface area is 60.1 Å². The normalized spacial score (nSPS) is 33.0. The van der Waals surface area contributed by atoms with Crippen molar-refractivity contribution >= 4 is 0 Å². The highest BCUT2D eigenvalue weighted by atomic mass is 17.2. The maximum atomic E-state index is 9.04. The quantitative estimate of drug-likeness (QED) is 0.409. The fourth-order valence-corrected chi connectivity index (χ4v) is 1.07. The standard InChI is InChI=1S/C6H13NO3/c1-9-10-4-5-2-6(8)3-7-5/h5-8H,2-4H2,1H3/t5-,6?/m0/s1. The molecule has 0 saturated carbocycles. The molecule has 1 saturated heterocycles. The Hall–Kier alpha value is -0.160. The maximum Gasteiger partial charge on any atom is 0.0976 e. The lowest BCUT2D eigenvalue weighted by atomic mass is 10.2. The van der Waals surface area contributed by atoms with Gasteiger partial charge < -0.3 is 10.4 Å². The third-order valence-corrected chi connectivity index (χ3v) is 1.59. The molecule has 0 aromatic carbocycles. The van der Waals surface area contributed by atoms with Gasteiger partial charge in [-0.3, -0.25) is 0 Å². The highest BCUT2D eigenvalue weighted by molar-refractivity contribution is 4.80. The lowest BCUT2D eigenvalue weighted by Gasteiger charge is -2.06. The zero-order valence-corrected chi connectivity index (χ0v) is 6.04. The molecule has 0 spiro atoms. The van der Waals surface area contributed by atoms with Gasteiger partial charge in [-0.1, -0.05) is 0 Å². The predicted molar refractivity (Wildman–Crippen MR) is 35.4 cm³/mol. The molecule has 1 fully saturated rings. The minimum absolute atomic E-state index is 0.217. The first kappa shape index (κ1) is 7.94. The van der Waals surface area contributed by atoms with Crippen LogP contribution in [0, 0.1) is 0 Å². The fourth-order valence-electron chi connectivity index (χ4n) is 1.07. The van der Waals surface area contributed by atoms with Crippen LogP contribution in [0.5, 0.6) is 0 Å². The van der Waals surface area contributed by atoms with Crippen LogP contribution in [0.15, 0.2) is 0 Å². The third kappa shape index (κ3) is 2.22. The Kier molecular flexibility index (Phi) is 3.08. The van der Waals surface area contributed by atoms with Gasteiger partial charge in [-0.15, -0.1) is 0 Å². The van der Waals surface area contributed by atoms with E-state index < -0.39 is 0 Å². The molecule has 60 valence electrons. The average molecular weight is 147 g/mol. The van der Waals surface area contributed by atoms with E-state index >= 15 is 0 Å². The first-order chi connectivity index (χ1) is 4.83. The van der Waals surface area contributed by atoms with Gasteiger partial charge in [-0.05, 0) is 6.42 Å². The smallest absolute Gasteiger partial charge is 0.0976 e. The van der Waals surface area contributed by atoms with Crippen LogP contribution in [-0.4, -0.2) is 37.5 Å². The van der Waals surface area contributed by atoms with Gasteiger partial charge in [0.2, 0.25) is 0 Å². The first-order valence-corrected chi connectivity index (χ1v) is 3.40. The summed E-state index contributed by atoms with van der Waals surface area (Å²) in [6, 6.07) is 0.245. The maximum absolute atomic E-state index is 9.04. The highest BCUT2D eigenvalue weighted by Gasteiger charge is 2.21. The van der Waals surface area contributed by atoms with E-state index in [-0.39, 0.29) is 12.1 Å². The second kappa shape index (κ2) is 3.88. The molecule has 4 nitrogen and oxygen atoms in total. The van der Waals surface area contributed by atoms with E-state index in [0.717, 1.165) is 6.42 Å². The zero-order valence-electron chi connectivity index (χ0n) is 6.04. The van der Waals surface area contributed by atoms with Gasteiger partial charge in [-0.2, -0.15) is 0 Å². The Morgan fingerprint density at radius 3 is 3.00 bits per heavy atom. The lowest BCUT2D eigenvalue weighted by molar-refractivity contribution is -0.275. The third-order valence-electron chi connectivity index (χ3n) is 1.59. The van der Waals surface area contributed by atoms with Crippen LogP contribution in [-0.2, 0) is 9.78 Å². The van der Waals surface area contributed by atoms with E-state index in [1.54, 1.807) is 0 Å². The molecule has 0 bridgehead atoms. The van der Waals surface area contributed by atoms with Crippen LogP contribution in [0.2, 0.25) is 0 Å². The molecule has 1 heterocycles. The number of nitrogens with one attached hydrogen (secondary N) is 1. The van der Waals surface area contributed by atoms with Crippen molar-refractivity contribution in [2.24, 2.45) is 0 Å². The monoisotopic (exact) mass is 147 g/mol. The number of hydrogen-bond donors (Lipinski definition) is 2. The fraction of sp³-hybridized carbons (Fsp3) is 1.00. The lowest BCUT2D eigenvalue weighted by Crippen LogP contribution is -2.26. The first-order valence-electron chi connectivity index (χ1n) is 3.40. The number of aliphatic hydroxyl groups excluding tert-OH is 1. The summed E-state index contributed by atoms with van der Waals surface area (Å²) in [5.74, 6) is 0. The van der Waals surface area contributed by atoms with E-state index in [9.17, 15) is 0 Å². The molecule has 4 heteroatoms. The second-order valence-electron chi connectivity index (χ2n) is 2.45. The Balaban J connectivity index is 2.06. The zero-order chi connectivity index (χ0) is 7.40. The average Bonchev–Trinajstić information content (AvgIpc) is 2.31. The summed E-state index contributed by atoms with van der Waals surface area (Å²) in [5, 5.41) is 12.1. The minimum Gasteiger partial charge on any atom is -0.392 e. The van der Waals surface area contributed by atoms with Crippen LogP contribution in [0.1, 0.15) is 6.42 Å². The van der Waals surface area contributed by atoms with Crippen LogP contribution in [0.4, 0.5) is 0 Å². The highest BCUT2D eigenvalue weighted by Crippen LogP contribution is 2.05. The summed E-state index contributed by atoms with van der Waals surface area (Å²) in [4.78, 5) is 9.11. The van der Waals surface area contributed by atoms with E-state index in [1.165, 1.54) is 7.11 Å². The summed E-state index contributed by atoms with van der Waals surface area (Å²) in [5.41, 5.74) is 0. The van der Waals surface area contributed by atoms with Crippen LogP contribution < -0.4 is 5.32 Å². The van der Waals surface area contributed by atoms with E-state index in [4.69, 9.17) is 9.99 Å². The van der Waals surface area contributed by atoms with Crippen molar-refractivity contribution in [3.63, 3.8) is 0 Å². The van der Waals surface area contributed by atoms with Gasteiger partial charge >= 0.3 is 0 Å². The Morgan fingerprint density at radius 1 is 1.70 bits per heavy atom. The van der Waals surface area contributed by atoms with Crippen LogP contribution in [0.3, 0.4) is 0 Å². The summed E-state index contributed by atoms with van der Waals surface area (Å²) < 4.78 is 0. The van der Waals surface area contributed by atoms with Crippen molar-refractivity contribution in [2.75, 3.05) is 20.3 Å². The van der Waals surface area contributed by atoms with Crippen molar-refractivity contribution in [1.82, 2.24) is 5.32 Å². The molecule has 0 amide bonds. The van der Waals surface area contributed by atoms with Crippen molar-refractivity contribution in [2.45, 2.75) is 18.6 Å². The summed E-state index contributed by atoms with van der Waals surface area (Å²) in [6.45, 7) is 1.17. The molecule has 1 aliphatic heterocycles. The Bertz CT molecular complexity index is 99.0. The topological polar surface area (TPSA) is 50.7 Å². The molecule has 2 N–H and O–H groups in total. The van der Waals surface area contributed by atoms with E-state index in [1.807, 2.05) is 0 Å². The van der Waals surface area contributed by atoms with Gasteiger partial charge in [0.25, 0.3) is 0 Å². The number of hydrogen-bond acceptors (Lipinski definition) is 4. The van der Waals surface area contributed by atoms with E-state index in [0.29, 0.717) is 13.2 Å². The summed E-state index contributed by atoms with van der Waals surface area (Å²) in [6.07, 6.45) is 0.536. The molecular weight excluding hydrogens is 134 g/mol. The summed E-state index contributed by atoms with van der Waals surface area (Å²) in [7, 11) is 1.48. The molecule has 1 unspecified atom stereocenters. The Morgan fingerprint density at radius 2 is 2.50 bits per heavy atom. The minimum atomic E-state index is -0.217. The number of aliphatic hydroxyl groups is 1. The molecule has 0 radical (unpaired) electrons. The van der Waals surface area contributed by atoms with Gasteiger partial charge in [0.15, 0.2) is 0 Å². The molecule has 10 heavy (non-hydrogen) atoms. The van der Waals surface area contributed by atoms with Crippen molar-refractivity contribution in [1.29, 1.82) is 0 Å². The van der Waals surface area contributed by atoms with Crippen LogP contribution in [0.25, 0.3) is 0 Å². The molecule has 0 aliphatic carbocycles. The number of β-amino-alcohol motifs (C(OH)–C–C–N with tert-alkyl or cyclic N) is 1. The largest absolute Gasteiger partial charge is 0.392 e. The molecule has 0 aromatic rings. The molecular formula is C6H13NO3. The van der Waals surface area contributed by atoms with Crippen molar-refractivity contribution in [3.05, 3.63) is 0 Å². The van der Waals surface area contributed by atoms with Gasteiger partial charge in [0.1, 0.15) is 0 Å². The SMILES string of the molecule is COOC[C@@H]1CC(O)CN1. The molecule has 1 aliphatic rings.